The van der Waals surface area contributed by atoms with Gasteiger partial charge in [-0.2, -0.15) is 4.89 Å². The van der Waals surface area contributed by atoms with Gasteiger partial charge < -0.3 is 14.4 Å². The molecule has 0 bridgehead atoms. The maximum atomic E-state index is 6.05. The highest BCUT2D eigenvalue weighted by Crippen LogP contribution is 2.63. The average molecular weight is 701 g/mol. The molecule has 2 aliphatic carbocycles. The molecule has 6 aromatic rings. The predicted octanol–water partition coefficient (Wildman–Crippen LogP) is 11.6. The number of benzene rings is 6. The Morgan fingerprint density at radius 1 is 0.415 bits per heavy atom. The summed E-state index contributed by atoms with van der Waals surface area (Å²) >= 11 is 0. The summed E-state index contributed by atoms with van der Waals surface area (Å²) in [4.78, 5) is 11.8. The Kier molecular flexibility index (Phi) is 9.34. The third-order valence-electron chi connectivity index (χ3n) is 11.2. The van der Waals surface area contributed by atoms with Crippen molar-refractivity contribution in [3.8, 4) is 17.2 Å². The third-order valence-corrected chi connectivity index (χ3v) is 11.2. The van der Waals surface area contributed by atoms with Crippen molar-refractivity contribution < 1.29 is 19.2 Å². The van der Waals surface area contributed by atoms with Gasteiger partial charge in [-0.3, -0.25) is 0 Å². The van der Waals surface area contributed by atoms with Crippen LogP contribution in [0.15, 0.2) is 146 Å². The largest absolute Gasteiger partial charge is 0.489 e. The molecule has 6 aromatic carbocycles. The molecular formula is C49H48O4. The van der Waals surface area contributed by atoms with Gasteiger partial charge in [0.25, 0.3) is 0 Å². The van der Waals surface area contributed by atoms with Crippen molar-refractivity contribution in [1.29, 1.82) is 0 Å². The number of hydrogen-bond donors (Lipinski definition) is 0. The average Bonchev–Trinajstić information content (AvgIpc) is 3.54. The maximum absolute atomic E-state index is 6.05. The number of hydrogen-bond acceptors (Lipinski definition) is 4. The SMILES string of the molecule is CC1(C)CC2(CC(C)(C)c3ccc(OOCc4ccc(OCc5ccccc5)cc4)cc32)c2cc(Cc3ccc(OCc4ccccc4)cc3)ccc21. The zero-order valence-electron chi connectivity index (χ0n) is 31.2. The van der Waals surface area contributed by atoms with E-state index in [1.54, 1.807) is 0 Å². The molecule has 0 saturated carbocycles. The van der Waals surface area contributed by atoms with Crippen molar-refractivity contribution >= 4 is 0 Å². The van der Waals surface area contributed by atoms with E-state index in [1.807, 2.05) is 60.7 Å². The number of fused-ring (bicyclic) bond motifs is 4. The van der Waals surface area contributed by atoms with Gasteiger partial charge in [0.1, 0.15) is 31.3 Å². The topological polar surface area (TPSA) is 36.9 Å². The molecule has 0 amide bonds. The van der Waals surface area contributed by atoms with Crippen LogP contribution in [0.25, 0.3) is 0 Å². The lowest BCUT2D eigenvalue weighted by molar-refractivity contribution is -0.217. The van der Waals surface area contributed by atoms with Crippen molar-refractivity contribution in [2.75, 3.05) is 0 Å². The van der Waals surface area contributed by atoms with Crippen molar-refractivity contribution in [1.82, 2.24) is 0 Å². The Labute approximate surface area is 314 Å². The molecule has 0 saturated heterocycles. The molecule has 53 heavy (non-hydrogen) atoms. The molecule has 8 rings (SSSR count). The highest BCUT2D eigenvalue weighted by atomic mass is 17.2. The predicted molar refractivity (Wildman–Crippen MR) is 212 cm³/mol. The van der Waals surface area contributed by atoms with Gasteiger partial charge in [-0.15, -0.1) is 0 Å². The first-order valence-corrected chi connectivity index (χ1v) is 18.8. The molecule has 0 radical (unpaired) electrons. The minimum Gasteiger partial charge on any atom is -0.489 e. The van der Waals surface area contributed by atoms with Gasteiger partial charge >= 0.3 is 0 Å². The fourth-order valence-corrected chi connectivity index (χ4v) is 8.81. The van der Waals surface area contributed by atoms with Gasteiger partial charge in [0.05, 0.1) is 0 Å². The number of rotatable bonds is 12. The lowest BCUT2D eigenvalue weighted by Gasteiger charge is -2.30. The minimum absolute atomic E-state index is 0.0301. The highest BCUT2D eigenvalue weighted by molar-refractivity contribution is 5.61. The van der Waals surface area contributed by atoms with Gasteiger partial charge in [-0.05, 0) is 117 Å². The van der Waals surface area contributed by atoms with E-state index in [0.717, 1.165) is 47.6 Å². The monoisotopic (exact) mass is 700 g/mol. The second-order valence-electron chi connectivity index (χ2n) is 16.1. The van der Waals surface area contributed by atoms with E-state index >= 15 is 0 Å². The first-order valence-electron chi connectivity index (χ1n) is 18.8. The van der Waals surface area contributed by atoms with Crippen molar-refractivity contribution in [2.24, 2.45) is 0 Å². The van der Waals surface area contributed by atoms with Crippen LogP contribution in [0, 0.1) is 0 Å². The van der Waals surface area contributed by atoms with Crippen molar-refractivity contribution in [2.45, 2.75) is 83.0 Å². The summed E-state index contributed by atoms with van der Waals surface area (Å²) in [6, 6.07) is 50.8. The van der Waals surface area contributed by atoms with E-state index in [2.05, 4.69) is 113 Å². The summed E-state index contributed by atoms with van der Waals surface area (Å²) in [5, 5.41) is 0. The second-order valence-corrected chi connectivity index (χ2v) is 16.1. The van der Waals surface area contributed by atoms with E-state index in [1.165, 1.54) is 38.9 Å². The Bertz CT molecular complexity index is 2170. The molecule has 0 N–H and O–H groups in total. The Balaban J connectivity index is 0.971. The summed E-state index contributed by atoms with van der Waals surface area (Å²) in [6.45, 7) is 11.0. The first-order chi connectivity index (χ1) is 25.7. The molecule has 1 unspecified atom stereocenters. The summed E-state index contributed by atoms with van der Waals surface area (Å²) in [5.74, 6) is 2.46. The number of ether oxygens (including phenoxy) is 2. The van der Waals surface area contributed by atoms with Gasteiger partial charge in [-0.25, -0.2) is 0 Å². The van der Waals surface area contributed by atoms with Crippen molar-refractivity contribution in [3.05, 3.63) is 196 Å². The zero-order chi connectivity index (χ0) is 36.5. The van der Waals surface area contributed by atoms with E-state index in [4.69, 9.17) is 19.2 Å². The lowest BCUT2D eigenvalue weighted by atomic mass is 9.72. The van der Waals surface area contributed by atoms with Crippen LogP contribution in [0.4, 0.5) is 0 Å². The van der Waals surface area contributed by atoms with E-state index in [9.17, 15) is 0 Å². The molecule has 0 fully saturated rings. The Morgan fingerprint density at radius 2 is 0.868 bits per heavy atom. The molecule has 0 aliphatic heterocycles. The first kappa shape index (κ1) is 34.7. The van der Waals surface area contributed by atoms with Crippen LogP contribution in [-0.4, -0.2) is 0 Å². The fraction of sp³-hybridized carbons (Fsp3) is 0.265. The van der Waals surface area contributed by atoms with Crippen LogP contribution < -0.4 is 14.4 Å². The summed E-state index contributed by atoms with van der Waals surface area (Å²) in [5.41, 5.74) is 11.6. The molecule has 1 atom stereocenters. The quantitative estimate of drug-likeness (QED) is 0.0941. The van der Waals surface area contributed by atoms with Gasteiger partial charge in [0.2, 0.25) is 0 Å². The molecule has 0 heterocycles. The van der Waals surface area contributed by atoms with Crippen LogP contribution in [0.1, 0.15) is 90.6 Å². The van der Waals surface area contributed by atoms with Crippen LogP contribution in [0.5, 0.6) is 17.2 Å². The molecule has 4 nitrogen and oxygen atoms in total. The van der Waals surface area contributed by atoms with Gasteiger partial charge in [0, 0.05) is 5.41 Å². The standard InChI is InChI=1S/C49H48O4/c1-47(2)33-49(45-28-39(19-25-43(45)47)27-35-15-20-40(21-16-35)50-30-36-11-7-5-8-12-36)34-48(3,4)44-26-24-42(29-46(44)49)53-52-32-38-17-22-41(23-18-38)51-31-37-13-9-6-10-14-37/h5-26,28-29H,27,30-34H2,1-4H3. The van der Waals surface area contributed by atoms with E-state index in [0.29, 0.717) is 19.8 Å². The summed E-state index contributed by atoms with van der Waals surface area (Å²) < 4.78 is 12.0. The van der Waals surface area contributed by atoms with Crippen LogP contribution in [-0.2, 0) is 47.4 Å². The molecule has 0 aromatic heterocycles. The van der Waals surface area contributed by atoms with E-state index in [-0.39, 0.29) is 16.2 Å². The Hall–Kier alpha value is -5.32. The Morgan fingerprint density at radius 3 is 1.43 bits per heavy atom. The molecule has 4 heteroatoms. The summed E-state index contributed by atoms with van der Waals surface area (Å²) in [6.07, 6.45) is 2.99. The van der Waals surface area contributed by atoms with E-state index < -0.39 is 0 Å². The smallest absolute Gasteiger partial charge is 0.165 e. The molecular weight excluding hydrogens is 653 g/mol. The maximum Gasteiger partial charge on any atom is 0.165 e. The van der Waals surface area contributed by atoms with Crippen LogP contribution in [0.3, 0.4) is 0 Å². The molecule has 1 spiro atoms. The van der Waals surface area contributed by atoms with Crippen LogP contribution >= 0.6 is 0 Å². The van der Waals surface area contributed by atoms with Gasteiger partial charge in [-0.1, -0.05) is 137 Å². The fourth-order valence-electron chi connectivity index (χ4n) is 8.81. The van der Waals surface area contributed by atoms with Crippen LogP contribution in [0.2, 0.25) is 0 Å². The lowest BCUT2D eigenvalue weighted by Crippen LogP contribution is -2.27. The summed E-state index contributed by atoms with van der Waals surface area (Å²) in [7, 11) is 0. The third kappa shape index (κ3) is 7.34. The zero-order valence-corrected chi connectivity index (χ0v) is 31.2. The molecule has 268 valence electrons. The van der Waals surface area contributed by atoms with Gasteiger partial charge in [0.15, 0.2) is 5.75 Å². The van der Waals surface area contributed by atoms with Crippen molar-refractivity contribution in [3.63, 3.8) is 0 Å². The highest BCUT2D eigenvalue weighted by Gasteiger charge is 2.56. The molecule has 2 aliphatic rings. The second kappa shape index (κ2) is 14.2. The normalized spacial score (nSPS) is 17.7. The minimum atomic E-state index is -0.0994.